The summed E-state index contributed by atoms with van der Waals surface area (Å²) in [4.78, 5) is 0. The van der Waals surface area contributed by atoms with Crippen LogP contribution in [0.4, 0.5) is 5.69 Å². The van der Waals surface area contributed by atoms with Gasteiger partial charge in [0, 0.05) is 0 Å². The van der Waals surface area contributed by atoms with Crippen LogP contribution < -0.4 is 5.32 Å². The average molecular weight is 263 g/mol. The Morgan fingerprint density at radius 3 is 2.67 bits per heavy atom. The third kappa shape index (κ3) is 3.65. The topological polar surface area (TPSA) is 35.8 Å². The third-order valence-electron chi connectivity index (χ3n) is 3.65. The summed E-state index contributed by atoms with van der Waals surface area (Å²) in [6.45, 7) is 0. The van der Waals surface area contributed by atoms with E-state index in [1.54, 1.807) is 0 Å². The van der Waals surface area contributed by atoms with Crippen LogP contribution in [0, 0.1) is 17.2 Å². The van der Waals surface area contributed by atoms with Crippen LogP contribution in [0.2, 0.25) is 5.02 Å². The van der Waals surface area contributed by atoms with Crippen molar-refractivity contribution in [3.8, 4) is 6.07 Å². The van der Waals surface area contributed by atoms with Crippen LogP contribution in [0.5, 0.6) is 0 Å². The lowest BCUT2D eigenvalue weighted by atomic mass is 9.85. The lowest BCUT2D eigenvalue weighted by Gasteiger charge is -2.24. The molecule has 1 saturated carbocycles. The number of nitrogens with zero attached hydrogens (tertiary/aromatic N) is 1. The van der Waals surface area contributed by atoms with E-state index >= 15 is 0 Å². The Hall–Kier alpha value is -1.20. The smallest absolute Gasteiger partial charge is 0.114 e. The van der Waals surface area contributed by atoms with Crippen LogP contribution in [0.3, 0.4) is 0 Å². The molecular formula is C15H19ClN2. The molecule has 1 fully saturated rings. The highest BCUT2D eigenvalue weighted by Crippen LogP contribution is 2.29. The molecule has 1 aromatic carbocycles. The molecule has 0 heterocycles. The van der Waals surface area contributed by atoms with E-state index < -0.39 is 0 Å². The van der Waals surface area contributed by atoms with Crippen LogP contribution in [0.1, 0.15) is 38.5 Å². The molecule has 1 unspecified atom stereocenters. The highest BCUT2D eigenvalue weighted by atomic mass is 35.5. The molecule has 0 aromatic heterocycles. The number of para-hydroxylation sites is 1. The number of hydrogen-bond donors (Lipinski definition) is 1. The van der Waals surface area contributed by atoms with Crippen molar-refractivity contribution < 1.29 is 0 Å². The van der Waals surface area contributed by atoms with Gasteiger partial charge in [-0.05, 0) is 24.5 Å². The van der Waals surface area contributed by atoms with E-state index in [1.165, 1.54) is 32.1 Å². The number of nitriles is 1. The van der Waals surface area contributed by atoms with Crippen LogP contribution in [0.15, 0.2) is 24.3 Å². The maximum Gasteiger partial charge on any atom is 0.114 e. The molecule has 96 valence electrons. The zero-order valence-electron chi connectivity index (χ0n) is 10.5. The van der Waals surface area contributed by atoms with E-state index in [9.17, 15) is 5.26 Å². The molecule has 1 aromatic rings. The highest BCUT2D eigenvalue weighted by Gasteiger charge is 2.19. The first-order chi connectivity index (χ1) is 8.79. The fraction of sp³-hybridized carbons (Fsp3) is 0.533. The second-order valence-electron chi connectivity index (χ2n) is 5.05. The van der Waals surface area contributed by atoms with Gasteiger partial charge in [0.25, 0.3) is 0 Å². The van der Waals surface area contributed by atoms with Gasteiger partial charge in [-0.15, -0.1) is 0 Å². The second kappa shape index (κ2) is 6.66. The summed E-state index contributed by atoms with van der Waals surface area (Å²) in [5.74, 6) is 0.693. The van der Waals surface area contributed by atoms with Crippen molar-refractivity contribution in [3.05, 3.63) is 29.3 Å². The van der Waals surface area contributed by atoms with Crippen molar-refractivity contribution in [1.82, 2.24) is 0 Å². The fourth-order valence-electron chi connectivity index (χ4n) is 2.67. The standard InChI is InChI=1S/C15H19ClN2/c16-14-8-4-5-9-15(14)18-13(11-17)10-12-6-2-1-3-7-12/h4-5,8-9,12-13,18H,1-3,6-7,10H2. The number of benzene rings is 1. The number of anilines is 1. The maximum absolute atomic E-state index is 9.25. The molecule has 18 heavy (non-hydrogen) atoms. The first kappa shape index (κ1) is 13.2. The van der Waals surface area contributed by atoms with Gasteiger partial charge < -0.3 is 5.32 Å². The molecule has 0 aliphatic heterocycles. The number of rotatable bonds is 4. The zero-order chi connectivity index (χ0) is 12.8. The van der Waals surface area contributed by atoms with Gasteiger partial charge in [-0.3, -0.25) is 0 Å². The van der Waals surface area contributed by atoms with Gasteiger partial charge in [0.2, 0.25) is 0 Å². The van der Waals surface area contributed by atoms with Crippen LogP contribution >= 0.6 is 11.6 Å². The van der Waals surface area contributed by atoms with Crippen molar-refractivity contribution in [2.75, 3.05) is 5.32 Å². The van der Waals surface area contributed by atoms with E-state index in [1.807, 2.05) is 24.3 Å². The monoisotopic (exact) mass is 262 g/mol. The Balaban J connectivity index is 1.93. The van der Waals surface area contributed by atoms with Crippen LogP contribution in [-0.2, 0) is 0 Å². The van der Waals surface area contributed by atoms with E-state index in [2.05, 4.69) is 11.4 Å². The third-order valence-corrected chi connectivity index (χ3v) is 3.98. The molecular weight excluding hydrogens is 244 g/mol. The normalized spacial score (nSPS) is 18.0. The summed E-state index contributed by atoms with van der Waals surface area (Å²) in [7, 11) is 0. The number of nitrogens with one attached hydrogen (secondary N) is 1. The first-order valence-electron chi connectivity index (χ1n) is 6.70. The lowest BCUT2D eigenvalue weighted by molar-refractivity contribution is 0.335. The van der Waals surface area contributed by atoms with E-state index in [-0.39, 0.29) is 6.04 Å². The van der Waals surface area contributed by atoms with Gasteiger partial charge in [-0.2, -0.15) is 5.26 Å². The first-order valence-corrected chi connectivity index (χ1v) is 7.08. The molecule has 1 N–H and O–H groups in total. The predicted octanol–water partition coefficient (Wildman–Crippen LogP) is 4.61. The molecule has 1 aliphatic rings. The van der Waals surface area contributed by atoms with Crippen molar-refractivity contribution in [1.29, 1.82) is 5.26 Å². The summed E-state index contributed by atoms with van der Waals surface area (Å²) < 4.78 is 0. The van der Waals surface area contributed by atoms with Crippen molar-refractivity contribution >= 4 is 17.3 Å². The Morgan fingerprint density at radius 2 is 2.00 bits per heavy atom. The molecule has 0 bridgehead atoms. The summed E-state index contributed by atoms with van der Waals surface area (Å²) in [5, 5.41) is 13.2. The molecule has 2 rings (SSSR count). The van der Waals surface area contributed by atoms with Crippen molar-refractivity contribution in [2.45, 2.75) is 44.6 Å². The van der Waals surface area contributed by atoms with Crippen molar-refractivity contribution in [2.24, 2.45) is 5.92 Å². The van der Waals surface area contributed by atoms with Gasteiger partial charge in [-0.25, -0.2) is 0 Å². The van der Waals surface area contributed by atoms with E-state index in [0.29, 0.717) is 10.9 Å². The minimum Gasteiger partial charge on any atom is -0.369 e. The van der Waals surface area contributed by atoms with Crippen molar-refractivity contribution in [3.63, 3.8) is 0 Å². The Morgan fingerprint density at radius 1 is 1.28 bits per heavy atom. The fourth-order valence-corrected chi connectivity index (χ4v) is 2.86. The van der Waals surface area contributed by atoms with Crippen LogP contribution in [0.25, 0.3) is 0 Å². The Kier molecular flexibility index (Phi) is 4.90. The van der Waals surface area contributed by atoms with Gasteiger partial charge in [-0.1, -0.05) is 55.8 Å². The minimum atomic E-state index is -0.131. The van der Waals surface area contributed by atoms with Crippen LogP contribution in [-0.4, -0.2) is 6.04 Å². The van der Waals surface area contributed by atoms with Gasteiger partial charge in [0.05, 0.1) is 16.8 Å². The highest BCUT2D eigenvalue weighted by molar-refractivity contribution is 6.33. The Labute approximate surface area is 114 Å². The maximum atomic E-state index is 9.25. The molecule has 3 heteroatoms. The summed E-state index contributed by atoms with van der Waals surface area (Å²) in [5.41, 5.74) is 0.863. The second-order valence-corrected chi connectivity index (χ2v) is 5.45. The quantitative estimate of drug-likeness (QED) is 0.860. The molecule has 2 nitrogen and oxygen atoms in total. The summed E-state index contributed by atoms with van der Waals surface area (Å²) in [6.07, 6.45) is 7.45. The summed E-state index contributed by atoms with van der Waals surface area (Å²) in [6, 6.07) is 9.83. The molecule has 0 radical (unpaired) electrons. The van der Waals surface area contributed by atoms with E-state index in [4.69, 9.17) is 11.6 Å². The zero-order valence-corrected chi connectivity index (χ0v) is 11.3. The molecule has 0 spiro atoms. The van der Waals surface area contributed by atoms with Gasteiger partial charge >= 0.3 is 0 Å². The molecule has 1 aliphatic carbocycles. The SMILES string of the molecule is N#CC(CC1CCCCC1)Nc1ccccc1Cl. The summed E-state index contributed by atoms with van der Waals surface area (Å²) >= 11 is 6.10. The largest absolute Gasteiger partial charge is 0.369 e. The van der Waals surface area contributed by atoms with E-state index in [0.717, 1.165) is 12.1 Å². The molecule has 0 amide bonds. The van der Waals surface area contributed by atoms with Gasteiger partial charge in [0.1, 0.15) is 6.04 Å². The number of hydrogen-bond acceptors (Lipinski definition) is 2. The lowest BCUT2D eigenvalue weighted by Crippen LogP contribution is -2.22. The Bertz CT molecular complexity index is 419. The van der Waals surface area contributed by atoms with Gasteiger partial charge in [0.15, 0.2) is 0 Å². The average Bonchev–Trinajstić information content (AvgIpc) is 2.41. The minimum absolute atomic E-state index is 0.131. The predicted molar refractivity (Wildman–Crippen MR) is 75.7 cm³/mol. The number of halogens is 1. The molecule has 1 atom stereocenters. The molecule has 0 saturated heterocycles.